The Bertz CT molecular complexity index is 1040. The van der Waals surface area contributed by atoms with Crippen molar-refractivity contribution in [2.24, 2.45) is 5.92 Å². The van der Waals surface area contributed by atoms with Gasteiger partial charge in [-0.3, -0.25) is 14.9 Å². The molecule has 3 rings (SSSR count). The first-order valence-corrected chi connectivity index (χ1v) is 9.79. The SMILES string of the molecule is Cc1ccc(C(=O)Nc2ncc3c(C(=O)NC(C)C)cn(CC(C)C)c3n2)cc1. The Balaban J connectivity index is 1.95. The van der Waals surface area contributed by atoms with Gasteiger partial charge in [0.2, 0.25) is 5.95 Å². The van der Waals surface area contributed by atoms with Crippen LogP contribution in [0.2, 0.25) is 0 Å². The molecule has 29 heavy (non-hydrogen) atoms. The first kappa shape index (κ1) is 20.5. The van der Waals surface area contributed by atoms with E-state index in [1.807, 2.05) is 43.7 Å². The number of aromatic nitrogens is 3. The third-order valence-corrected chi connectivity index (χ3v) is 4.38. The van der Waals surface area contributed by atoms with Crippen LogP contribution in [0, 0.1) is 12.8 Å². The number of anilines is 1. The molecule has 0 saturated carbocycles. The van der Waals surface area contributed by atoms with Crippen LogP contribution in [0.15, 0.2) is 36.7 Å². The maximum atomic E-state index is 12.6. The van der Waals surface area contributed by atoms with Gasteiger partial charge >= 0.3 is 0 Å². The zero-order valence-corrected chi connectivity index (χ0v) is 17.5. The molecule has 7 nitrogen and oxygen atoms in total. The van der Waals surface area contributed by atoms with Gasteiger partial charge in [0, 0.05) is 30.5 Å². The molecule has 0 radical (unpaired) electrons. The predicted octanol–water partition coefficient (Wildman–Crippen LogP) is 3.79. The van der Waals surface area contributed by atoms with Gasteiger partial charge < -0.3 is 9.88 Å². The van der Waals surface area contributed by atoms with Gasteiger partial charge in [-0.1, -0.05) is 31.5 Å². The molecule has 7 heteroatoms. The van der Waals surface area contributed by atoms with Crippen LogP contribution in [0.4, 0.5) is 5.95 Å². The third kappa shape index (κ3) is 4.80. The molecule has 2 amide bonds. The van der Waals surface area contributed by atoms with E-state index in [1.165, 1.54) is 0 Å². The van der Waals surface area contributed by atoms with E-state index in [4.69, 9.17) is 0 Å². The quantitative estimate of drug-likeness (QED) is 0.667. The number of fused-ring (bicyclic) bond motifs is 1. The number of hydrogen-bond acceptors (Lipinski definition) is 4. The van der Waals surface area contributed by atoms with Crippen LogP contribution in [-0.4, -0.2) is 32.4 Å². The van der Waals surface area contributed by atoms with E-state index < -0.39 is 0 Å². The lowest BCUT2D eigenvalue weighted by atomic mass is 10.1. The fraction of sp³-hybridized carbons (Fsp3) is 0.364. The average molecular weight is 393 g/mol. The fourth-order valence-corrected chi connectivity index (χ4v) is 3.06. The normalized spacial score (nSPS) is 11.3. The summed E-state index contributed by atoms with van der Waals surface area (Å²) in [4.78, 5) is 33.9. The number of amides is 2. The minimum Gasteiger partial charge on any atom is -0.350 e. The molecule has 0 aliphatic heterocycles. The van der Waals surface area contributed by atoms with Crippen LogP contribution in [0.25, 0.3) is 11.0 Å². The van der Waals surface area contributed by atoms with Crippen molar-refractivity contribution in [2.75, 3.05) is 5.32 Å². The molecule has 0 unspecified atom stereocenters. The Hall–Kier alpha value is -3.22. The highest BCUT2D eigenvalue weighted by Gasteiger charge is 2.19. The van der Waals surface area contributed by atoms with Crippen molar-refractivity contribution < 1.29 is 9.59 Å². The van der Waals surface area contributed by atoms with Crippen molar-refractivity contribution in [3.63, 3.8) is 0 Å². The van der Waals surface area contributed by atoms with Crippen LogP contribution in [0.1, 0.15) is 54.0 Å². The number of benzene rings is 1. The maximum Gasteiger partial charge on any atom is 0.258 e. The number of aryl methyl sites for hydroxylation is 1. The second kappa shape index (κ2) is 8.43. The second-order valence-electron chi connectivity index (χ2n) is 7.97. The fourth-order valence-electron chi connectivity index (χ4n) is 3.06. The lowest BCUT2D eigenvalue weighted by Gasteiger charge is -2.08. The van der Waals surface area contributed by atoms with Crippen molar-refractivity contribution in [3.8, 4) is 0 Å². The van der Waals surface area contributed by atoms with Gasteiger partial charge in [0.15, 0.2) is 0 Å². The Morgan fingerprint density at radius 1 is 1.07 bits per heavy atom. The Morgan fingerprint density at radius 3 is 2.38 bits per heavy atom. The Kier molecular flexibility index (Phi) is 5.96. The highest BCUT2D eigenvalue weighted by molar-refractivity contribution is 6.07. The summed E-state index contributed by atoms with van der Waals surface area (Å²) in [6.07, 6.45) is 3.40. The minimum absolute atomic E-state index is 0.0278. The summed E-state index contributed by atoms with van der Waals surface area (Å²) in [5.41, 5.74) is 2.78. The number of hydrogen-bond donors (Lipinski definition) is 2. The Morgan fingerprint density at radius 2 is 1.76 bits per heavy atom. The zero-order valence-electron chi connectivity index (χ0n) is 17.5. The van der Waals surface area contributed by atoms with Crippen molar-refractivity contribution in [1.82, 2.24) is 19.9 Å². The largest absolute Gasteiger partial charge is 0.350 e. The molecular formula is C22H27N5O2. The number of nitrogens with zero attached hydrogens (tertiary/aromatic N) is 3. The van der Waals surface area contributed by atoms with Gasteiger partial charge in [-0.05, 0) is 38.8 Å². The molecule has 152 valence electrons. The number of rotatable bonds is 6. The van der Waals surface area contributed by atoms with E-state index in [9.17, 15) is 9.59 Å². The molecule has 0 saturated heterocycles. The molecule has 2 N–H and O–H groups in total. The van der Waals surface area contributed by atoms with Crippen molar-refractivity contribution in [1.29, 1.82) is 0 Å². The van der Waals surface area contributed by atoms with Crippen LogP contribution in [0.5, 0.6) is 0 Å². The summed E-state index contributed by atoms with van der Waals surface area (Å²) in [5.74, 6) is 0.144. The molecule has 2 heterocycles. The van der Waals surface area contributed by atoms with Crippen molar-refractivity contribution in [3.05, 3.63) is 53.3 Å². The summed E-state index contributed by atoms with van der Waals surface area (Å²) in [6, 6.07) is 7.32. The molecule has 0 aliphatic carbocycles. The van der Waals surface area contributed by atoms with Gasteiger partial charge in [-0.15, -0.1) is 0 Å². The van der Waals surface area contributed by atoms with Gasteiger partial charge in [-0.2, -0.15) is 4.98 Å². The number of carbonyl (C=O) groups is 2. The predicted molar refractivity (Wildman–Crippen MR) is 114 cm³/mol. The lowest BCUT2D eigenvalue weighted by Crippen LogP contribution is -2.29. The van der Waals surface area contributed by atoms with Crippen LogP contribution < -0.4 is 10.6 Å². The van der Waals surface area contributed by atoms with E-state index in [1.54, 1.807) is 18.3 Å². The van der Waals surface area contributed by atoms with E-state index in [-0.39, 0.29) is 23.8 Å². The highest BCUT2D eigenvalue weighted by atomic mass is 16.2. The molecule has 1 aromatic carbocycles. The standard InChI is InChI=1S/C22H27N5O2/c1-13(2)11-27-12-18(21(29)24-14(3)4)17-10-23-22(25-19(17)27)26-20(28)16-8-6-15(5)7-9-16/h6-10,12-14H,11H2,1-5H3,(H,24,29)(H,23,25,26,28). The topological polar surface area (TPSA) is 88.9 Å². The smallest absolute Gasteiger partial charge is 0.258 e. The summed E-state index contributed by atoms with van der Waals surface area (Å²) in [6.45, 7) is 10.7. The van der Waals surface area contributed by atoms with E-state index in [0.717, 1.165) is 5.56 Å². The van der Waals surface area contributed by atoms with Crippen LogP contribution >= 0.6 is 0 Å². The lowest BCUT2D eigenvalue weighted by molar-refractivity contribution is 0.0943. The molecule has 3 aromatic rings. The third-order valence-electron chi connectivity index (χ3n) is 4.38. The van der Waals surface area contributed by atoms with E-state index in [0.29, 0.717) is 34.6 Å². The summed E-state index contributed by atoms with van der Waals surface area (Å²) >= 11 is 0. The molecule has 0 atom stereocenters. The molecular weight excluding hydrogens is 366 g/mol. The molecule has 0 aliphatic rings. The summed E-state index contributed by atoms with van der Waals surface area (Å²) < 4.78 is 1.94. The van der Waals surface area contributed by atoms with Gasteiger partial charge in [0.05, 0.1) is 10.9 Å². The van der Waals surface area contributed by atoms with Crippen molar-refractivity contribution in [2.45, 2.75) is 47.2 Å². The monoisotopic (exact) mass is 393 g/mol. The molecule has 0 fully saturated rings. The minimum atomic E-state index is -0.274. The number of carbonyl (C=O) groups excluding carboxylic acids is 2. The van der Waals surface area contributed by atoms with E-state index in [2.05, 4.69) is 34.4 Å². The van der Waals surface area contributed by atoms with Crippen LogP contribution in [-0.2, 0) is 6.54 Å². The first-order valence-electron chi connectivity index (χ1n) is 9.79. The molecule has 2 aromatic heterocycles. The average Bonchev–Trinajstić information content (AvgIpc) is 2.99. The second-order valence-corrected chi connectivity index (χ2v) is 7.97. The summed E-state index contributed by atoms with van der Waals surface area (Å²) in [7, 11) is 0. The van der Waals surface area contributed by atoms with Crippen molar-refractivity contribution >= 4 is 28.8 Å². The molecule has 0 spiro atoms. The van der Waals surface area contributed by atoms with Crippen LogP contribution in [0.3, 0.4) is 0 Å². The first-order chi connectivity index (χ1) is 13.7. The van der Waals surface area contributed by atoms with E-state index >= 15 is 0 Å². The number of nitrogens with one attached hydrogen (secondary N) is 2. The highest BCUT2D eigenvalue weighted by Crippen LogP contribution is 2.22. The van der Waals surface area contributed by atoms with Gasteiger partial charge in [0.25, 0.3) is 11.8 Å². The Labute approximate surface area is 170 Å². The van der Waals surface area contributed by atoms with Gasteiger partial charge in [0.1, 0.15) is 5.65 Å². The molecule has 0 bridgehead atoms. The summed E-state index contributed by atoms with van der Waals surface area (Å²) in [5, 5.41) is 6.32. The zero-order chi connectivity index (χ0) is 21.1. The maximum absolute atomic E-state index is 12.6. The van der Waals surface area contributed by atoms with Gasteiger partial charge in [-0.25, -0.2) is 4.98 Å².